The van der Waals surface area contributed by atoms with E-state index in [1.54, 1.807) is 18.2 Å². The summed E-state index contributed by atoms with van der Waals surface area (Å²) in [5, 5.41) is 23.7. The molecule has 5 rings (SSSR count). The zero-order chi connectivity index (χ0) is 22.2. The lowest BCUT2D eigenvalue weighted by Gasteiger charge is -2.26. The van der Waals surface area contributed by atoms with Crippen molar-refractivity contribution in [1.29, 1.82) is 0 Å². The molecule has 1 aliphatic rings. The average molecular weight is 510 g/mol. The van der Waals surface area contributed by atoms with E-state index in [0.717, 1.165) is 74.5 Å². The summed E-state index contributed by atoms with van der Waals surface area (Å²) in [6.45, 7) is 0.645. The molecule has 32 heavy (non-hydrogen) atoms. The van der Waals surface area contributed by atoms with E-state index in [2.05, 4.69) is 28.1 Å². The lowest BCUT2D eigenvalue weighted by molar-refractivity contribution is 0.319. The van der Waals surface area contributed by atoms with E-state index in [0.29, 0.717) is 11.6 Å². The van der Waals surface area contributed by atoms with Gasteiger partial charge in [0.2, 0.25) is 0 Å². The van der Waals surface area contributed by atoms with Gasteiger partial charge in [0.05, 0.1) is 11.6 Å². The molecule has 0 saturated heterocycles. The molecule has 0 atom stereocenters. The van der Waals surface area contributed by atoms with E-state index in [1.165, 1.54) is 0 Å². The van der Waals surface area contributed by atoms with Crippen LogP contribution in [0.3, 0.4) is 0 Å². The van der Waals surface area contributed by atoms with Crippen molar-refractivity contribution in [2.75, 3.05) is 11.9 Å². The van der Waals surface area contributed by atoms with Gasteiger partial charge in [0, 0.05) is 16.3 Å². The average Bonchev–Trinajstić information content (AvgIpc) is 2.79. The fraction of sp³-hybridized carbons (Fsp3) is 0.185. The van der Waals surface area contributed by atoms with Gasteiger partial charge in [0.1, 0.15) is 17.2 Å². The standard InChI is InChI=1S/C27H22BrClO3/c28-11-2-12-32-20-4-1-3-17(14-20)25-23-8-5-16-13-18(30)6-9-21(16)26(23)27(29)22-10-7-19(31)15-24(22)25/h1,3-4,6-7,9-10,13-15,30-31H,2,5,8,11-12H2. The molecule has 0 fully saturated rings. The maximum atomic E-state index is 10.3. The zero-order valence-corrected chi connectivity index (χ0v) is 19.7. The van der Waals surface area contributed by atoms with Crippen LogP contribution >= 0.6 is 27.5 Å². The molecular weight excluding hydrogens is 488 g/mol. The number of hydrogen-bond donors (Lipinski definition) is 2. The number of benzene rings is 4. The first kappa shape index (κ1) is 21.2. The van der Waals surface area contributed by atoms with E-state index in [1.807, 2.05) is 30.3 Å². The molecule has 0 aliphatic heterocycles. The molecule has 2 N–H and O–H groups in total. The molecule has 0 heterocycles. The molecule has 5 heteroatoms. The normalized spacial score (nSPS) is 12.4. The van der Waals surface area contributed by atoms with Crippen LogP contribution in [0.2, 0.25) is 5.02 Å². The number of aryl methyl sites for hydroxylation is 1. The number of rotatable bonds is 5. The zero-order valence-electron chi connectivity index (χ0n) is 17.4. The fourth-order valence-electron chi connectivity index (χ4n) is 4.62. The number of hydrogen-bond acceptors (Lipinski definition) is 3. The van der Waals surface area contributed by atoms with E-state index >= 15 is 0 Å². The fourth-order valence-corrected chi connectivity index (χ4v) is 5.23. The molecule has 0 bridgehead atoms. The summed E-state index contributed by atoms with van der Waals surface area (Å²) in [6, 6.07) is 18.9. The first-order valence-corrected chi connectivity index (χ1v) is 12.2. The molecule has 0 saturated carbocycles. The molecule has 0 radical (unpaired) electrons. The van der Waals surface area contributed by atoms with E-state index in [-0.39, 0.29) is 11.5 Å². The van der Waals surface area contributed by atoms with Crippen molar-refractivity contribution < 1.29 is 14.9 Å². The van der Waals surface area contributed by atoms with Crippen LogP contribution in [-0.2, 0) is 12.8 Å². The molecule has 162 valence electrons. The number of halogens is 2. The van der Waals surface area contributed by atoms with Gasteiger partial charge in [-0.2, -0.15) is 0 Å². The highest BCUT2D eigenvalue weighted by Gasteiger charge is 2.26. The van der Waals surface area contributed by atoms with Crippen LogP contribution < -0.4 is 4.74 Å². The molecule has 0 unspecified atom stereocenters. The molecule has 4 aromatic rings. The Bertz CT molecular complexity index is 1330. The maximum absolute atomic E-state index is 10.3. The summed E-state index contributed by atoms with van der Waals surface area (Å²) in [5.41, 5.74) is 6.41. The summed E-state index contributed by atoms with van der Waals surface area (Å²) in [7, 11) is 0. The second kappa shape index (κ2) is 8.68. The van der Waals surface area contributed by atoms with Crippen molar-refractivity contribution in [3.63, 3.8) is 0 Å². The highest BCUT2D eigenvalue weighted by molar-refractivity contribution is 9.09. The van der Waals surface area contributed by atoms with Crippen LogP contribution in [0, 0.1) is 0 Å². The van der Waals surface area contributed by atoms with Crippen molar-refractivity contribution in [2.24, 2.45) is 0 Å². The monoisotopic (exact) mass is 508 g/mol. The maximum Gasteiger partial charge on any atom is 0.119 e. The first-order chi connectivity index (χ1) is 15.6. The van der Waals surface area contributed by atoms with Crippen molar-refractivity contribution in [1.82, 2.24) is 0 Å². The van der Waals surface area contributed by atoms with Crippen LogP contribution in [0.1, 0.15) is 17.5 Å². The summed E-state index contributed by atoms with van der Waals surface area (Å²) < 4.78 is 5.95. The second-order valence-electron chi connectivity index (χ2n) is 8.03. The van der Waals surface area contributed by atoms with Crippen LogP contribution in [0.15, 0.2) is 60.7 Å². The number of fused-ring (bicyclic) bond motifs is 4. The van der Waals surface area contributed by atoms with Gasteiger partial charge in [-0.3, -0.25) is 0 Å². The number of ether oxygens (including phenoxy) is 1. The predicted molar refractivity (Wildman–Crippen MR) is 134 cm³/mol. The van der Waals surface area contributed by atoms with Gasteiger partial charge < -0.3 is 14.9 Å². The molecule has 3 nitrogen and oxygen atoms in total. The van der Waals surface area contributed by atoms with Crippen molar-refractivity contribution >= 4 is 38.3 Å². The van der Waals surface area contributed by atoms with Crippen LogP contribution in [0.4, 0.5) is 0 Å². The van der Waals surface area contributed by atoms with Crippen LogP contribution in [0.5, 0.6) is 17.2 Å². The molecule has 4 aromatic carbocycles. The number of phenols is 2. The Balaban J connectivity index is 1.78. The molecule has 0 spiro atoms. The Kier molecular flexibility index (Phi) is 5.75. The summed E-state index contributed by atoms with van der Waals surface area (Å²) in [4.78, 5) is 0. The predicted octanol–water partition coefficient (Wildman–Crippen LogP) is 7.50. The SMILES string of the molecule is Oc1ccc2c(c1)CCc1c-2c(Cl)c2ccc(O)cc2c1-c1cccc(OCCCBr)c1. The van der Waals surface area contributed by atoms with Crippen LogP contribution in [-0.4, -0.2) is 22.2 Å². The lowest BCUT2D eigenvalue weighted by Crippen LogP contribution is -2.07. The van der Waals surface area contributed by atoms with Gasteiger partial charge in [-0.15, -0.1) is 0 Å². The molecule has 1 aliphatic carbocycles. The number of alkyl halides is 1. The number of aromatic hydroxyl groups is 2. The van der Waals surface area contributed by atoms with Gasteiger partial charge >= 0.3 is 0 Å². The largest absolute Gasteiger partial charge is 0.508 e. The Morgan fingerprint density at radius 2 is 1.69 bits per heavy atom. The third-order valence-corrected chi connectivity index (χ3v) is 6.96. The van der Waals surface area contributed by atoms with Crippen molar-refractivity contribution in [3.05, 3.63) is 76.8 Å². The van der Waals surface area contributed by atoms with Gasteiger partial charge in [0.15, 0.2) is 0 Å². The Morgan fingerprint density at radius 1 is 0.875 bits per heavy atom. The van der Waals surface area contributed by atoms with Crippen LogP contribution in [0.25, 0.3) is 33.0 Å². The highest BCUT2D eigenvalue weighted by atomic mass is 79.9. The lowest BCUT2D eigenvalue weighted by atomic mass is 9.79. The van der Waals surface area contributed by atoms with Gasteiger partial charge in [-0.25, -0.2) is 0 Å². The quantitative estimate of drug-likeness (QED) is 0.216. The molecular formula is C27H22BrClO3. The Morgan fingerprint density at radius 3 is 2.53 bits per heavy atom. The summed E-state index contributed by atoms with van der Waals surface area (Å²) in [6.07, 6.45) is 2.54. The van der Waals surface area contributed by atoms with Gasteiger partial charge in [-0.05, 0) is 94.9 Å². The third-order valence-electron chi connectivity index (χ3n) is 6.00. The second-order valence-corrected chi connectivity index (χ2v) is 9.20. The van der Waals surface area contributed by atoms with Crippen molar-refractivity contribution in [3.8, 4) is 39.5 Å². The summed E-state index contributed by atoms with van der Waals surface area (Å²) >= 11 is 10.4. The Labute approximate surface area is 200 Å². The Hall–Kier alpha value is -2.69. The first-order valence-electron chi connectivity index (χ1n) is 10.7. The molecule has 0 amide bonds. The summed E-state index contributed by atoms with van der Waals surface area (Å²) in [5.74, 6) is 1.30. The van der Waals surface area contributed by atoms with Crippen molar-refractivity contribution in [2.45, 2.75) is 19.3 Å². The molecule has 0 aromatic heterocycles. The van der Waals surface area contributed by atoms with E-state index in [4.69, 9.17) is 16.3 Å². The smallest absolute Gasteiger partial charge is 0.119 e. The minimum atomic E-state index is 0.209. The number of phenolic OH excluding ortho intramolecular Hbond substituents is 2. The van der Waals surface area contributed by atoms with Gasteiger partial charge in [-0.1, -0.05) is 45.7 Å². The minimum Gasteiger partial charge on any atom is -0.508 e. The third kappa shape index (κ3) is 3.72. The minimum absolute atomic E-state index is 0.209. The topological polar surface area (TPSA) is 49.7 Å². The van der Waals surface area contributed by atoms with E-state index < -0.39 is 0 Å². The van der Waals surface area contributed by atoms with E-state index in [9.17, 15) is 10.2 Å². The highest BCUT2D eigenvalue weighted by Crippen LogP contribution is 2.49. The van der Waals surface area contributed by atoms with Gasteiger partial charge in [0.25, 0.3) is 0 Å².